The van der Waals surface area contributed by atoms with Gasteiger partial charge in [0, 0.05) is 6.54 Å². The summed E-state index contributed by atoms with van der Waals surface area (Å²) in [5.41, 5.74) is 3.07. The van der Waals surface area contributed by atoms with Crippen LogP contribution in [0.5, 0.6) is 5.75 Å². The molecule has 1 aromatic heterocycles. The maximum atomic E-state index is 13.8. The molecule has 5 nitrogen and oxygen atoms in total. The maximum Gasteiger partial charge on any atom is 0.261 e. The fraction of sp³-hybridized carbons (Fsp3) is 0.259. The number of methoxy groups -OCH3 is 1. The van der Waals surface area contributed by atoms with Crippen LogP contribution in [-0.4, -0.2) is 29.8 Å². The van der Waals surface area contributed by atoms with E-state index in [0.29, 0.717) is 34.9 Å². The Morgan fingerprint density at radius 3 is 2.64 bits per heavy atom. The van der Waals surface area contributed by atoms with E-state index in [1.165, 1.54) is 12.1 Å². The molecule has 0 aliphatic carbocycles. The molecule has 33 heavy (non-hydrogen) atoms. The van der Waals surface area contributed by atoms with Gasteiger partial charge < -0.3 is 10.1 Å². The Bertz CT molecular complexity index is 1340. The van der Waals surface area contributed by atoms with E-state index in [0.717, 1.165) is 42.6 Å². The Labute approximate surface area is 191 Å². The van der Waals surface area contributed by atoms with Gasteiger partial charge in [-0.05, 0) is 79.4 Å². The number of piperidine rings is 1. The molecule has 2 heterocycles. The van der Waals surface area contributed by atoms with Crippen LogP contribution in [0.1, 0.15) is 12.8 Å². The number of hydrogen-bond acceptors (Lipinski definition) is 4. The van der Waals surface area contributed by atoms with Crippen molar-refractivity contribution in [2.24, 2.45) is 5.92 Å². The van der Waals surface area contributed by atoms with Crippen molar-refractivity contribution in [3.63, 3.8) is 0 Å². The molecule has 0 bridgehead atoms. The van der Waals surface area contributed by atoms with Crippen molar-refractivity contribution in [3.05, 3.63) is 82.9 Å². The molecule has 1 fully saturated rings. The Balaban J connectivity index is 1.69. The second-order valence-electron chi connectivity index (χ2n) is 8.50. The molecule has 1 aliphatic heterocycles. The monoisotopic (exact) mass is 443 g/mol. The lowest BCUT2D eigenvalue weighted by Gasteiger charge is -2.25. The van der Waals surface area contributed by atoms with Gasteiger partial charge in [0.15, 0.2) is 0 Å². The van der Waals surface area contributed by atoms with Gasteiger partial charge in [-0.3, -0.25) is 9.36 Å². The molecule has 3 aromatic carbocycles. The van der Waals surface area contributed by atoms with Crippen molar-refractivity contribution in [2.75, 3.05) is 20.2 Å². The zero-order valence-corrected chi connectivity index (χ0v) is 18.6. The molecule has 0 spiro atoms. The molecular formula is C27H26FN3O2. The van der Waals surface area contributed by atoms with Crippen LogP contribution in [0.4, 0.5) is 4.39 Å². The van der Waals surface area contributed by atoms with E-state index in [2.05, 4.69) is 5.32 Å². The molecule has 0 radical (unpaired) electrons. The standard InChI is InChI=1S/C27H26FN3O2/c1-33-25-7-3-2-6-22(25)26-30-24-13-10-20(19-8-11-21(28)12-9-19)15-23(24)27(32)31(26)17-18-5-4-14-29-16-18/h2-3,6-13,15,18,29H,4-5,14,16-17H2,1H3. The molecule has 4 aromatic rings. The van der Waals surface area contributed by atoms with E-state index in [-0.39, 0.29) is 11.4 Å². The van der Waals surface area contributed by atoms with Crippen molar-refractivity contribution < 1.29 is 9.13 Å². The van der Waals surface area contributed by atoms with Gasteiger partial charge in [0.2, 0.25) is 0 Å². The number of nitrogens with zero attached hydrogens (tertiary/aromatic N) is 2. The van der Waals surface area contributed by atoms with Crippen LogP contribution in [0, 0.1) is 11.7 Å². The minimum absolute atomic E-state index is 0.0737. The zero-order valence-electron chi connectivity index (χ0n) is 18.6. The van der Waals surface area contributed by atoms with Gasteiger partial charge in [-0.15, -0.1) is 0 Å². The van der Waals surface area contributed by atoms with Crippen molar-refractivity contribution in [1.82, 2.24) is 14.9 Å². The third kappa shape index (κ3) is 4.26. The summed E-state index contributed by atoms with van der Waals surface area (Å²) < 4.78 is 20.8. The summed E-state index contributed by atoms with van der Waals surface area (Å²) in [6.07, 6.45) is 2.16. The number of nitrogens with one attached hydrogen (secondary N) is 1. The molecule has 5 rings (SSSR count). The van der Waals surface area contributed by atoms with Crippen LogP contribution < -0.4 is 15.6 Å². The lowest BCUT2D eigenvalue weighted by atomic mass is 9.99. The smallest absolute Gasteiger partial charge is 0.261 e. The number of rotatable bonds is 5. The molecule has 0 saturated carbocycles. The maximum absolute atomic E-state index is 13.8. The summed E-state index contributed by atoms with van der Waals surface area (Å²) in [6.45, 7) is 2.48. The second kappa shape index (κ2) is 9.16. The summed E-state index contributed by atoms with van der Waals surface area (Å²) in [4.78, 5) is 18.8. The predicted octanol–water partition coefficient (Wildman–Crippen LogP) is 4.88. The minimum atomic E-state index is -0.286. The molecule has 0 amide bonds. The van der Waals surface area contributed by atoms with Gasteiger partial charge in [0.05, 0.1) is 23.6 Å². The van der Waals surface area contributed by atoms with Crippen molar-refractivity contribution in [3.8, 4) is 28.3 Å². The minimum Gasteiger partial charge on any atom is -0.496 e. The summed E-state index contributed by atoms with van der Waals surface area (Å²) in [7, 11) is 1.63. The molecule has 168 valence electrons. The lowest BCUT2D eigenvalue weighted by Crippen LogP contribution is -2.35. The predicted molar refractivity (Wildman–Crippen MR) is 129 cm³/mol. The van der Waals surface area contributed by atoms with E-state index in [9.17, 15) is 9.18 Å². The third-order valence-electron chi connectivity index (χ3n) is 6.32. The number of para-hydroxylation sites is 1. The van der Waals surface area contributed by atoms with Gasteiger partial charge in [-0.1, -0.05) is 30.3 Å². The number of fused-ring (bicyclic) bond motifs is 1. The highest BCUT2D eigenvalue weighted by atomic mass is 19.1. The number of hydrogen-bond donors (Lipinski definition) is 1. The van der Waals surface area contributed by atoms with Crippen molar-refractivity contribution >= 4 is 10.9 Å². The van der Waals surface area contributed by atoms with Gasteiger partial charge in [0.25, 0.3) is 5.56 Å². The normalized spacial score (nSPS) is 16.1. The van der Waals surface area contributed by atoms with Crippen molar-refractivity contribution in [1.29, 1.82) is 0 Å². The molecule has 1 atom stereocenters. The Morgan fingerprint density at radius 1 is 1.09 bits per heavy atom. The average molecular weight is 444 g/mol. The molecule has 1 saturated heterocycles. The molecule has 6 heteroatoms. The van der Waals surface area contributed by atoms with E-state index < -0.39 is 0 Å². The van der Waals surface area contributed by atoms with Crippen LogP contribution in [0.3, 0.4) is 0 Å². The summed E-state index contributed by atoms with van der Waals surface area (Å²) in [5, 5.41) is 3.99. The first kappa shape index (κ1) is 21.3. The summed E-state index contributed by atoms with van der Waals surface area (Å²) in [6, 6.07) is 19.6. The zero-order chi connectivity index (χ0) is 22.8. The van der Waals surface area contributed by atoms with Crippen LogP contribution >= 0.6 is 0 Å². The van der Waals surface area contributed by atoms with Crippen molar-refractivity contribution in [2.45, 2.75) is 19.4 Å². The van der Waals surface area contributed by atoms with E-state index >= 15 is 0 Å². The van der Waals surface area contributed by atoms with Crippen LogP contribution in [0.2, 0.25) is 0 Å². The Hall–Kier alpha value is -3.51. The Kier molecular flexibility index (Phi) is 5.92. The number of halogens is 1. The fourth-order valence-electron chi connectivity index (χ4n) is 4.59. The quantitative estimate of drug-likeness (QED) is 0.478. The molecular weight excluding hydrogens is 417 g/mol. The van der Waals surface area contributed by atoms with Crippen LogP contribution in [0.15, 0.2) is 71.5 Å². The van der Waals surface area contributed by atoms with Gasteiger partial charge in [0.1, 0.15) is 17.4 Å². The first-order valence-corrected chi connectivity index (χ1v) is 11.3. The highest BCUT2D eigenvalue weighted by Gasteiger charge is 2.21. The topological polar surface area (TPSA) is 56.1 Å². The first-order valence-electron chi connectivity index (χ1n) is 11.3. The number of ether oxygens (including phenoxy) is 1. The largest absolute Gasteiger partial charge is 0.496 e. The van der Waals surface area contributed by atoms with Crippen LogP contribution in [0.25, 0.3) is 33.4 Å². The highest BCUT2D eigenvalue weighted by Crippen LogP contribution is 2.30. The van der Waals surface area contributed by atoms with Crippen LogP contribution in [-0.2, 0) is 6.54 Å². The van der Waals surface area contributed by atoms with Gasteiger partial charge in [-0.25, -0.2) is 9.37 Å². The Morgan fingerprint density at radius 2 is 1.88 bits per heavy atom. The number of aromatic nitrogens is 2. The van der Waals surface area contributed by atoms with Gasteiger partial charge >= 0.3 is 0 Å². The molecule has 1 unspecified atom stereocenters. The second-order valence-corrected chi connectivity index (χ2v) is 8.50. The first-order chi connectivity index (χ1) is 16.1. The SMILES string of the molecule is COc1ccccc1-c1nc2ccc(-c3ccc(F)cc3)cc2c(=O)n1CC1CCCNC1. The van der Waals surface area contributed by atoms with E-state index in [1.807, 2.05) is 42.5 Å². The third-order valence-corrected chi connectivity index (χ3v) is 6.32. The van der Waals surface area contributed by atoms with E-state index in [4.69, 9.17) is 9.72 Å². The molecule has 1 N–H and O–H groups in total. The highest BCUT2D eigenvalue weighted by molar-refractivity contribution is 5.85. The fourth-order valence-corrected chi connectivity index (χ4v) is 4.59. The number of benzene rings is 3. The molecule has 1 aliphatic rings. The van der Waals surface area contributed by atoms with E-state index in [1.54, 1.807) is 23.8 Å². The summed E-state index contributed by atoms with van der Waals surface area (Å²) in [5.74, 6) is 1.36. The van der Waals surface area contributed by atoms with Gasteiger partial charge in [-0.2, -0.15) is 0 Å². The lowest BCUT2D eigenvalue weighted by molar-refractivity contribution is 0.334. The average Bonchev–Trinajstić information content (AvgIpc) is 2.86. The summed E-state index contributed by atoms with van der Waals surface area (Å²) >= 11 is 0.